The molecule has 0 saturated carbocycles. The first-order valence-corrected chi connectivity index (χ1v) is 21.7. The molecule has 0 spiro atoms. The Bertz CT molecular complexity index is 1750. The molecule has 0 radical (unpaired) electrons. The summed E-state index contributed by atoms with van der Waals surface area (Å²) in [6.45, 7) is 5.38. The zero-order chi connectivity index (χ0) is 45.7. The minimum absolute atomic E-state index is 0.00453. The molecule has 4 atom stereocenters. The van der Waals surface area contributed by atoms with E-state index in [9.17, 15) is 48.6 Å². The number of ketones is 3. The second-order valence-electron chi connectivity index (χ2n) is 15.9. The quantitative estimate of drug-likeness (QED) is 0.0303. The molecule has 2 rings (SSSR count). The van der Waals surface area contributed by atoms with E-state index in [0.717, 1.165) is 43.2 Å². The smallest absolute Gasteiger partial charge is 0.326 e. The van der Waals surface area contributed by atoms with Crippen LogP contribution >= 0.6 is 0 Å². The molecule has 0 heterocycles. The first kappa shape index (κ1) is 52.3. The van der Waals surface area contributed by atoms with Gasteiger partial charge in [-0.2, -0.15) is 0 Å². The maximum Gasteiger partial charge on any atom is 0.326 e. The van der Waals surface area contributed by atoms with Crippen LogP contribution in [-0.2, 0) is 46.4 Å². The Hall–Kier alpha value is -5.86. The van der Waals surface area contributed by atoms with Gasteiger partial charge in [-0.15, -0.1) is 0 Å². The standard InChI is InChI=1S/C47H66N4O11/c1-33(52)18-17-26-43(56)49-41(31-36-21-11-7-12-22-36)42(55)32-37(30-35-19-9-6-10-20-35)45(59)48-29-16-5-3-4-13-23-38(54)24-14-8-15-25-39(34(2)53)50-47(62)51-40(46(60)61)27-28-44(57)58/h6-7,9-12,19-22,37,39-41,53H,2-5,8,13-18,23-32H2,1H3,(H,48,59)(H,49,56)(H,57,58)(H,60,61)(H2,50,51,62). The molecule has 0 saturated heterocycles. The largest absolute Gasteiger partial charge is 0.511 e. The van der Waals surface area contributed by atoms with Crippen LogP contribution in [-0.4, -0.2) is 87.1 Å². The van der Waals surface area contributed by atoms with Crippen molar-refractivity contribution >= 4 is 47.1 Å². The van der Waals surface area contributed by atoms with Crippen LogP contribution in [0.25, 0.3) is 0 Å². The molecule has 0 aliphatic heterocycles. The van der Waals surface area contributed by atoms with Crippen molar-refractivity contribution in [3.8, 4) is 0 Å². The minimum Gasteiger partial charge on any atom is -0.511 e. The molecule has 0 aliphatic rings. The molecule has 15 nitrogen and oxygen atoms in total. The van der Waals surface area contributed by atoms with Crippen LogP contribution in [0.15, 0.2) is 73.0 Å². The topological polar surface area (TPSA) is 245 Å². The van der Waals surface area contributed by atoms with Gasteiger partial charge < -0.3 is 41.4 Å². The number of carbonyl (C=O) groups is 8. The summed E-state index contributed by atoms with van der Waals surface area (Å²) in [7, 11) is 0. The van der Waals surface area contributed by atoms with Gasteiger partial charge in [0.05, 0.1) is 12.1 Å². The number of hydrogen-bond donors (Lipinski definition) is 7. The highest BCUT2D eigenvalue weighted by atomic mass is 16.4. The number of aliphatic carboxylic acids is 2. The molecule has 0 aromatic heterocycles. The Balaban J connectivity index is 1.74. The third-order valence-corrected chi connectivity index (χ3v) is 10.4. The molecule has 7 N–H and O–H groups in total. The Morgan fingerprint density at radius 1 is 0.581 bits per heavy atom. The summed E-state index contributed by atoms with van der Waals surface area (Å²) in [5.74, 6) is -4.14. The fraction of sp³-hybridized carbons (Fsp3) is 0.532. The van der Waals surface area contributed by atoms with Crippen LogP contribution in [0.5, 0.6) is 0 Å². The second kappa shape index (κ2) is 30.2. The van der Waals surface area contributed by atoms with Crippen molar-refractivity contribution in [2.75, 3.05) is 6.54 Å². The molecular weight excluding hydrogens is 797 g/mol. The number of amides is 4. The van der Waals surface area contributed by atoms with Crippen LogP contribution in [0.4, 0.5) is 4.79 Å². The van der Waals surface area contributed by atoms with Crippen LogP contribution in [0.2, 0.25) is 0 Å². The molecule has 4 amide bonds. The van der Waals surface area contributed by atoms with E-state index in [1.165, 1.54) is 6.92 Å². The Labute approximate surface area is 364 Å². The van der Waals surface area contributed by atoms with Crippen molar-refractivity contribution in [3.05, 3.63) is 84.1 Å². The number of unbranched alkanes of at least 4 members (excludes halogenated alkanes) is 6. The van der Waals surface area contributed by atoms with Crippen LogP contribution < -0.4 is 21.3 Å². The number of carboxylic acids is 2. The van der Waals surface area contributed by atoms with E-state index in [2.05, 4.69) is 27.8 Å². The normalized spacial score (nSPS) is 12.8. The highest BCUT2D eigenvalue weighted by molar-refractivity contribution is 5.93. The van der Waals surface area contributed by atoms with Gasteiger partial charge in [-0.25, -0.2) is 9.59 Å². The molecular formula is C47H66N4O11. The summed E-state index contributed by atoms with van der Waals surface area (Å²) < 4.78 is 0. The number of aliphatic hydroxyl groups excluding tert-OH is 1. The number of carbonyl (C=O) groups excluding carboxylic acids is 6. The van der Waals surface area contributed by atoms with Crippen molar-refractivity contribution in [3.63, 3.8) is 0 Å². The van der Waals surface area contributed by atoms with Crippen molar-refractivity contribution in [1.82, 2.24) is 21.3 Å². The lowest BCUT2D eigenvalue weighted by atomic mass is 9.89. The number of Topliss-reactive ketones (excluding diaryl/α,β-unsaturated/α-hetero) is 3. The van der Waals surface area contributed by atoms with Gasteiger partial charge in [-0.05, 0) is 69.4 Å². The van der Waals surface area contributed by atoms with Gasteiger partial charge in [0.2, 0.25) is 11.8 Å². The van der Waals surface area contributed by atoms with Crippen LogP contribution in [0.3, 0.4) is 0 Å². The van der Waals surface area contributed by atoms with E-state index in [0.29, 0.717) is 57.9 Å². The maximum absolute atomic E-state index is 13.8. The van der Waals surface area contributed by atoms with Gasteiger partial charge in [-0.1, -0.05) is 99.3 Å². The van der Waals surface area contributed by atoms with E-state index in [1.54, 1.807) is 0 Å². The van der Waals surface area contributed by atoms with Crippen molar-refractivity contribution in [2.24, 2.45) is 5.92 Å². The average molecular weight is 863 g/mol. The van der Waals surface area contributed by atoms with Gasteiger partial charge in [0.25, 0.3) is 0 Å². The fourth-order valence-corrected chi connectivity index (χ4v) is 6.91. The predicted octanol–water partition coefficient (Wildman–Crippen LogP) is 6.33. The number of urea groups is 1. The summed E-state index contributed by atoms with van der Waals surface area (Å²) in [4.78, 5) is 98.4. The fourth-order valence-electron chi connectivity index (χ4n) is 6.91. The van der Waals surface area contributed by atoms with Crippen LogP contribution in [0.1, 0.15) is 127 Å². The van der Waals surface area contributed by atoms with E-state index in [1.807, 2.05) is 60.7 Å². The Kier molecular flexibility index (Phi) is 25.5. The molecule has 2 aromatic carbocycles. The number of nitrogens with one attached hydrogen (secondary N) is 4. The lowest BCUT2D eigenvalue weighted by Gasteiger charge is -2.22. The predicted molar refractivity (Wildman–Crippen MR) is 234 cm³/mol. The second-order valence-corrected chi connectivity index (χ2v) is 15.9. The summed E-state index contributed by atoms with van der Waals surface area (Å²) in [6.07, 6.45) is 7.80. The number of rotatable bonds is 34. The molecule has 2 aromatic rings. The van der Waals surface area contributed by atoms with Gasteiger partial charge in [0.1, 0.15) is 23.4 Å². The highest BCUT2D eigenvalue weighted by Gasteiger charge is 2.28. The molecule has 4 unspecified atom stereocenters. The van der Waals surface area contributed by atoms with Gasteiger partial charge >= 0.3 is 18.0 Å². The van der Waals surface area contributed by atoms with Gasteiger partial charge in [0.15, 0.2) is 5.78 Å². The highest BCUT2D eigenvalue weighted by Crippen LogP contribution is 2.18. The molecule has 340 valence electrons. The monoisotopic (exact) mass is 862 g/mol. The SMILES string of the molecule is C=C(O)C(CCCCCC(=O)CCCCCCCNC(=O)C(CC(=O)C(Cc1ccccc1)NC(=O)CCCC(C)=O)Cc1ccccc1)NC(=O)NC(CCC(=O)O)C(=O)O. The summed E-state index contributed by atoms with van der Waals surface area (Å²) >= 11 is 0. The van der Waals surface area contributed by atoms with E-state index in [-0.39, 0.29) is 67.0 Å². The lowest BCUT2D eigenvalue weighted by Crippen LogP contribution is -2.49. The Morgan fingerprint density at radius 3 is 1.73 bits per heavy atom. The zero-order valence-electron chi connectivity index (χ0n) is 36.0. The maximum atomic E-state index is 13.8. The number of benzene rings is 2. The first-order valence-electron chi connectivity index (χ1n) is 21.7. The minimum atomic E-state index is -1.41. The van der Waals surface area contributed by atoms with Crippen molar-refractivity contribution < 1.29 is 53.7 Å². The lowest BCUT2D eigenvalue weighted by molar-refractivity contribution is -0.140. The number of aliphatic hydroxyl groups is 1. The number of hydrogen-bond acceptors (Lipinski definition) is 9. The van der Waals surface area contributed by atoms with Gasteiger partial charge in [-0.3, -0.25) is 24.0 Å². The molecule has 0 fully saturated rings. The molecule has 0 aliphatic carbocycles. The van der Waals surface area contributed by atoms with Crippen molar-refractivity contribution in [1.29, 1.82) is 0 Å². The summed E-state index contributed by atoms with van der Waals surface area (Å²) in [5.41, 5.74) is 1.80. The summed E-state index contributed by atoms with van der Waals surface area (Å²) in [6, 6.07) is 14.9. The number of carboxylic acid groups (broad SMARTS) is 2. The zero-order valence-corrected chi connectivity index (χ0v) is 36.0. The van der Waals surface area contributed by atoms with Crippen LogP contribution in [0, 0.1) is 5.92 Å². The molecule has 62 heavy (non-hydrogen) atoms. The van der Waals surface area contributed by atoms with E-state index < -0.39 is 48.4 Å². The Morgan fingerprint density at radius 2 is 1.15 bits per heavy atom. The first-order chi connectivity index (χ1) is 29.6. The van der Waals surface area contributed by atoms with E-state index >= 15 is 0 Å². The third kappa shape index (κ3) is 23.8. The molecule has 0 bridgehead atoms. The third-order valence-electron chi connectivity index (χ3n) is 10.4. The van der Waals surface area contributed by atoms with Crippen molar-refractivity contribution in [2.45, 2.75) is 147 Å². The molecule has 15 heteroatoms. The van der Waals surface area contributed by atoms with Gasteiger partial charge in [0, 0.05) is 51.0 Å². The summed E-state index contributed by atoms with van der Waals surface area (Å²) in [5, 5.41) is 38.5. The average Bonchev–Trinajstić information content (AvgIpc) is 3.22. The van der Waals surface area contributed by atoms with E-state index in [4.69, 9.17) is 5.11 Å².